The molecule has 0 spiro atoms. The van der Waals surface area contributed by atoms with Crippen LogP contribution >= 0.6 is 18.0 Å². The zero-order valence-corrected chi connectivity index (χ0v) is 12.7. The topological polar surface area (TPSA) is 26.3 Å². The van der Waals surface area contributed by atoms with Gasteiger partial charge in [-0.15, -0.1) is 0 Å². The highest BCUT2D eigenvalue weighted by Crippen LogP contribution is 2.59. The van der Waals surface area contributed by atoms with Crippen LogP contribution in [0.25, 0.3) is 0 Å². The fourth-order valence-electron chi connectivity index (χ4n) is 1.50. The van der Waals surface area contributed by atoms with Gasteiger partial charge in [0.05, 0.1) is 6.61 Å². The fourth-order valence-corrected chi connectivity index (χ4v) is 4.92. The first-order chi connectivity index (χ1) is 7.68. The molecular weight excluding hydrogens is 239 g/mol. The first kappa shape index (κ1) is 16.5. The van der Waals surface area contributed by atoms with Crippen molar-refractivity contribution in [2.75, 3.05) is 18.5 Å². The summed E-state index contributed by atoms with van der Waals surface area (Å²) in [6.45, 7) is 4.53. The molecule has 1 unspecified atom stereocenters. The van der Waals surface area contributed by atoms with E-state index < -0.39 is 6.57 Å². The van der Waals surface area contributed by atoms with Gasteiger partial charge in [-0.1, -0.05) is 64.3 Å². The number of hydrogen-bond acceptors (Lipinski definition) is 3. The Morgan fingerprint density at radius 3 is 2.19 bits per heavy atom. The molecule has 0 rings (SSSR count). The summed E-state index contributed by atoms with van der Waals surface area (Å²) >= 11 is 1.48. The molecule has 16 heavy (non-hydrogen) atoms. The Morgan fingerprint density at radius 2 is 1.62 bits per heavy atom. The third-order valence-electron chi connectivity index (χ3n) is 2.50. The Bertz CT molecular complexity index is 197. The van der Waals surface area contributed by atoms with Crippen LogP contribution in [0, 0.1) is 0 Å². The lowest BCUT2D eigenvalue weighted by Crippen LogP contribution is -1.94. The van der Waals surface area contributed by atoms with Gasteiger partial charge in [0.1, 0.15) is 0 Å². The minimum absolute atomic E-state index is 0.654. The second-order valence-corrected chi connectivity index (χ2v) is 9.34. The fraction of sp³-hybridized carbons (Fsp3) is 1.00. The lowest BCUT2D eigenvalue weighted by molar-refractivity contribution is 0.312. The van der Waals surface area contributed by atoms with Crippen molar-refractivity contribution in [3.63, 3.8) is 0 Å². The molecule has 0 aliphatic heterocycles. The predicted octanol–water partition coefficient (Wildman–Crippen LogP) is 5.33. The van der Waals surface area contributed by atoms with Gasteiger partial charge in [-0.25, -0.2) is 0 Å². The molecule has 2 nitrogen and oxygen atoms in total. The first-order valence-electron chi connectivity index (χ1n) is 6.56. The van der Waals surface area contributed by atoms with Gasteiger partial charge in [-0.3, -0.25) is 4.57 Å². The molecule has 0 aliphatic rings. The van der Waals surface area contributed by atoms with Gasteiger partial charge in [-0.2, -0.15) is 0 Å². The van der Waals surface area contributed by atoms with E-state index in [0.29, 0.717) is 12.8 Å². The van der Waals surface area contributed by atoms with Crippen molar-refractivity contribution < 1.29 is 9.09 Å². The second-order valence-electron chi connectivity index (χ2n) is 3.95. The number of rotatable bonds is 11. The highest BCUT2D eigenvalue weighted by molar-refractivity contribution is 8.56. The van der Waals surface area contributed by atoms with Gasteiger partial charge in [0, 0.05) is 6.16 Å². The summed E-state index contributed by atoms with van der Waals surface area (Å²) in [5.41, 5.74) is 0. The summed E-state index contributed by atoms with van der Waals surface area (Å²) in [5.74, 6) is 0.877. The number of hydrogen-bond donors (Lipinski definition) is 0. The molecule has 0 fully saturated rings. The molecule has 0 amide bonds. The smallest absolute Gasteiger partial charge is 0.257 e. The molecule has 1 atom stereocenters. The van der Waals surface area contributed by atoms with Crippen molar-refractivity contribution >= 4 is 18.0 Å². The van der Waals surface area contributed by atoms with Crippen molar-refractivity contribution in [2.45, 2.75) is 59.3 Å². The van der Waals surface area contributed by atoms with Crippen molar-refractivity contribution in [1.29, 1.82) is 0 Å². The molecule has 0 saturated carbocycles. The third-order valence-corrected chi connectivity index (χ3v) is 7.55. The zero-order valence-electron chi connectivity index (χ0n) is 11.0. The Morgan fingerprint density at radius 1 is 1.00 bits per heavy atom. The van der Waals surface area contributed by atoms with Crippen LogP contribution in [0.5, 0.6) is 0 Å². The van der Waals surface area contributed by atoms with Gasteiger partial charge in [-0.05, 0) is 12.2 Å². The van der Waals surface area contributed by atoms with Crippen molar-refractivity contribution in [3.8, 4) is 0 Å². The van der Waals surface area contributed by atoms with Gasteiger partial charge in [0.25, 0.3) is 6.57 Å². The van der Waals surface area contributed by atoms with E-state index in [9.17, 15) is 4.57 Å². The highest BCUT2D eigenvalue weighted by Gasteiger charge is 2.19. The van der Waals surface area contributed by atoms with Crippen LogP contribution in [0.2, 0.25) is 0 Å². The van der Waals surface area contributed by atoms with E-state index in [2.05, 4.69) is 6.92 Å². The monoisotopic (exact) mass is 266 g/mol. The predicted molar refractivity (Wildman–Crippen MR) is 75.6 cm³/mol. The van der Waals surface area contributed by atoms with Gasteiger partial charge < -0.3 is 4.52 Å². The quantitative estimate of drug-likeness (QED) is 0.373. The van der Waals surface area contributed by atoms with E-state index >= 15 is 0 Å². The Kier molecular flexibility index (Phi) is 11.0. The zero-order chi connectivity index (χ0) is 12.3. The maximum atomic E-state index is 12.1. The molecule has 0 heterocycles. The second kappa shape index (κ2) is 10.7. The molecule has 0 aliphatic carbocycles. The Hall–Kier alpha value is 0.540. The summed E-state index contributed by atoms with van der Waals surface area (Å²) in [6.07, 6.45) is 8.15. The van der Waals surface area contributed by atoms with Crippen LogP contribution in [0.1, 0.15) is 59.3 Å². The third kappa shape index (κ3) is 8.66. The normalized spacial score (nSPS) is 14.9. The van der Waals surface area contributed by atoms with Crippen LogP contribution in [0.3, 0.4) is 0 Å². The van der Waals surface area contributed by atoms with E-state index in [1.165, 1.54) is 43.5 Å². The van der Waals surface area contributed by atoms with Crippen LogP contribution < -0.4 is 0 Å². The minimum atomic E-state index is -2.34. The van der Waals surface area contributed by atoms with Crippen molar-refractivity contribution in [2.24, 2.45) is 0 Å². The van der Waals surface area contributed by atoms with E-state index in [1.54, 1.807) is 0 Å². The molecule has 0 N–H and O–H groups in total. The maximum Gasteiger partial charge on any atom is 0.257 e. The van der Waals surface area contributed by atoms with E-state index in [-0.39, 0.29) is 0 Å². The summed E-state index contributed by atoms with van der Waals surface area (Å²) < 4.78 is 17.6. The summed E-state index contributed by atoms with van der Waals surface area (Å²) in [6, 6.07) is 0. The lowest BCUT2D eigenvalue weighted by Gasteiger charge is -2.14. The van der Waals surface area contributed by atoms with E-state index in [0.717, 1.165) is 12.2 Å². The Labute approximate surface area is 105 Å². The Balaban J connectivity index is 3.45. The summed E-state index contributed by atoms with van der Waals surface area (Å²) in [4.78, 5) is 0. The summed E-state index contributed by atoms with van der Waals surface area (Å²) in [5, 5.41) is 0. The standard InChI is InChI=1S/C12H27O2PS/c1-4-7-8-9-10-11-12-14-15(13,5-2)16-6-3/h4-12H2,1-3H3. The molecule has 0 bridgehead atoms. The SMILES string of the molecule is CCCCCCCCOP(=O)(CC)SCC. The molecule has 0 radical (unpaired) electrons. The molecule has 0 aromatic rings. The van der Waals surface area contributed by atoms with Gasteiger partial charge in [0.15, 0.2) is 0 Å². The van der Waals surface area contributed by atoms with Crippen molar-refractivity contribution in [3.05, 3.63) is 0 Å². The molecule has 4 heteroatoms. The molecule has 0 aromatic heterocycles. The first-order valence-corrected chi connectivity index (χ1v) is 9.96. The lowest BCUT2D eigenvalue weighted by atomic mass is 10.1. The summed E-state index contributed by atoms with van der Waals surface area (Å²) in [7, 11) is 0. The van der Waals surface area contributed by atoms with Crippen LogP contribution in [-0.4, -0.2) is 18.5 Å². The van der Waals surface area contributed by atoms with Crippen LogP contribution in [0.15, 0.2) is 0 Å². The van der Waals surface area contributed by atoms with Crippen LogP contribution in [0.4, 0.5) is 0 Å². The van der Waals surface area contributed by atoms with Crippen molar-refractivity contribution in [1.82, 2.24) is 0 Å². The molecule has 0 aromatic carbocycles. The van der Waals surface area contributed by atoms with Gasteiger partial charge in [0.2, 0.25) is 0 Å². The number of unbranched alkanes of at least 4 members (excludes halogenated alkanes) is 5. The van der Waals surface area contributed by atoms with Gasteiger partial charge >= 0.3 is 0 Å². The highest BCUT2D eigenvalue weighted by atomic mass is 32.7. The maximum absolute atomic E-state index is 12.1. The van der Waals surface area contributed by atoms with E-state index in [4.69, 9.17) is 4.52 Å². The molecule has 98 valence electrons. The largest absolute Gasteiger partial charge is 0.321 e. The van der Waals surface area contributed by atoms with E-state index in [1.807, 2.05) is 13.8 Å². The average Bonchev–Trinajstić information content (AvgIpc) is 2.28. The molecular formula is C12H27O2PS. The molecule has 0 saturated heterocycles. The average molecular weight is 266 g/mol. The minimum Gasteiger partial charge on any atom is -0.321 e. The van der Waals surface area contributed by atoms with Crippen LogP contribution in [-0.2, 0) is 9.09 Å².